The predicted octanol–water partition coefficient (Wildman–Crippen LogP) is 0.317. The van der Waals surface area contributed by atoms with Crippen LogP contribution in [0.2, 0.25) is 0 Å². The Morgan fingerprint density at radius 2 is 2.12 bits per heavy atom. The number of aliphatic hydroxyl groups is 1. The molecular weight excluding hydrogens is 210 g/mol. The lowest BCUT2D eigenvalue weighted by Crippen LogP contribution is -2.12. The molecule has 2 heterocycles. The first kappa shape index (κ1) is 15.3. The minimum absolute atomic E-state index is 0.190. The summed E-state index contributed by atoms with van der Waals surface area (Å²) >= 11 is 0. The Hall–Kier alpha value is -0.650. The highest BCUT2D eigenvalue weighted by atomic mass is 16.6. The van der Waals surface area contributed by atoms with E-state index in [2.05, 4.69) is 10.1 Å². The highest BCUT2D eigenvalue weighted by molar-refractivity contribution is 5.77. The van der Waals surface area contributed by atoms with Crippen LogP contribution >= 0.6 is 0 Å². The van der Waals surface area contributed by atoms with Gasteiger partial charge < -0.3 is 19.9 Å². The lowest BCUT2D eigenvalue weighted by molar-refractivity contribution is -0.119. The first-order valence-corrected chi connectivity index (χ1v) is 5.81. The van der Waals surface area contributed by atoms with Crippen LogP contribution in [-0.2, 0) is 14.3 Å². The molecule has 16 heavy (non-hydrogen) atoms. The molecule has 96 valence electrons. The number of hydrogen-bond acceptors (Lipinski definition) is 4. The van der Waals surface area contributed by atoms with Gasteiger partial charge in [0.05, 0.1) is 13.2 Å². The smallest absolute Gasteiger partial charge is 0.220 e. The monoisotopic (exact) mass is 233 g/mol. The molecule has 1 atom stereocenters. The highest BCUT2D eigenvalue weighted by Crippen LogP contribution is 2.04. The first-order chi connectivity index (χ1) is 7.74. The Balaban J connectivity index is 0.000000213. The summed E-state index contributed by atoms with van der Waals surface area (Å²) < 4.78 is 9.44. The summed E-state index contributed by atoms with van der Waals surface area (Å²) in [5.74, 6) is 0.204. The number of carbonyl (C=O) groups excluding carboxylic acids is 1. The molecule has 2 rings (SSSR count). The summed E-state index contributed by atoms with van der Waals surface area (Å²) in [7, 11) is 0. The molecule has 1 unspecified atom stereocenters. The number of carbonyl (C=O) groups is 1. The average molecular weight is 233 g/mol. The van der Waals surface area contributed by atoms with E-state index in [0.29, 0.717) is 0 Å². The van der Waals surface area contributed by atoms with E-state index in [4.69, 9.17) is 9.84 Å². The minimum atomic E-state index is 0.190. The Morgan fingerprint density at radius 3 is 2.19 bits per heavy atom. The molecule has 0 bridgehead atoms. The first-order valence-electron chi connectivity index (χ1n) is 5.81. The normalized spacial score (nSPS) is 21.2. The van der Waals surface area contributed by atoms with E-state index in [-0.39, 0.29) is 18.6 Å². The summed E-state index contributed by atoms with van der Waals surface area (Å²) in [6.45, 7) is 7.51. The zero-order chi connectivity index (χ0) is 12.2. The number of rotatable bonds is 3. The topological polar surface area (TPSA) is 71.1 Å². The molecule has 5 heteroatoms. The molecule has 0 aromatic rings. The lowest BCUT2D eigenvalue weighted by Gasteiger charge is -1.86. The summed E-state index contributed by atoms with van der Waals surface area (Å²) in [5, 5.41) is 10.8. The molecule has 0 spiro atoms. The molecule has 0 aromatic heterocycles. The number of ether oxygens (including phenoxy) is 2. The maximum Gasteiger partial charge on any atom is 0.220 e. The van der Waals surface area contributed by atoms with Crippen molar-refractivity contribution < 1.29 is 19.4 Å². The SMILES string of the molecule is CCOCC.O=C1CCCN1.OCC1CO1. The van der Waals surface area contributed by atoms with Crippen molar-refractivity contribution in [2.24, 2.45) is 0 Å². The zero-order valence-corrected chi connectivity index (χ0v) is 10.2. The third-order valence-corrected chi connectivity index (χ3v) is 1.92. The van der Waals surface area contributed by atoms with Crippen LogP contribution in [0.1, 0.15) is 26.7 Å². The van der Waals surface area contributed by atoms with Crippen LogP contribution in [0.3, 0.4) is 0 Å². The van der Waals surface area contributed by atoms with E-state index in [1.165, 1.54) is 0 Å². The fourth-order valence-corrected chi connectivity index (χ4v) is 0.943. The summed E-state index contributed by atoms with van der Waals surface area (Å²) in [6, 6.07) is 0. The highest BCUT2D eigenvalue weighted by Gasteiger charge is 2.19. The van der Waals surface area contributed by atoms with Gasteiger partial charge in [-0.3, -0.25) is 4.79 Å². The van der Waals surface area contributed by atoms with E-state index < -0.39 is 0 Å². The Bertz CT molecular complexity index is 161. The lowest BCUT2D eigenvalue weighted by atomic mass is 10.4. The maximum atomic E-state index is 10.1. The van der Waals surface area contributed by atoms with Crippen LogP contribution < -0.4 is 5.32 Å². The van der Waals surface area contributed by atoms with Crippen molar-refractivity contribution in [1.29, 1.82) is 0 Å². The molecule has 2 fully saturated rings. The number of epoxide rings is 1. The van der Waals surface area contributed by atoms with E-state index in [0.717, 1.165) is 39.2 Å². The summed E-state index contributed by atoms with van der Waals surface area (Å²) in [6.07, 6.45) is 1.95. The van der Waals surface area contributed by atoms with Gasteiger partial charge in [0.1, 0.15) is 6.10 Å². The van der Waals surface area contributed by atoms with E-state index in [1.807, 2.05) is 13.8 Å². The van der Waals surface area contributed by atoms with Crippen molar-refractivity contribution in [2.45, 2.75) is 32.8 Å². The molecule has 2 aliphatic rings. The Morgan fingerprint density at radius 1 is 1.50 bits per heavy atom. The van der Waals surface area contributed by atoms with Crippen LogP contribution in [-0.4, -0.2) is 50.1 Å². The number of hydrogen-bond donors (Lipinski definition) is 2. The van der Waals surface area contributed by atoms with Crippen LogP contribution in [0.25, 0.3) is 0 Å². The van der Waals surface area contributed by atoms with Crippen molar-refractivity contribution in [3.8, 4) is 0 Å². The van der Waals surface area contributed by atoms with E-state index >= 15 is 0 Å². The van der Waals surface area contributed by atoms with Crippen LogP contribution in [0.4, 0.5) is 0 Å². The fraction of sp³-hybridized carbons (Fsp3) is 0.909. The second-order valence-electron chi connectivity index (χ2n) is 3.37. The van der Waals surface area contributed by atoms with Gasteiger partial charge in [-0.2, -0.15) is 0 Å². The van der Waals surface area contributed by atoms with Gasteiger partial charge in [-0.05, 0) is 20.3 Å². The molecule has 2 saturated heterocycles. The summed E-state index contributed by atoms with van der Waals surface area (Å²) in [4.78, 5) is 10.1. The molecule has 1 amide bonds. The number of nitrogens with one attached hydrogen (secondary N) is 1. The van der Waals surface area contributed by atoms with Gasteiger partial charge in [0.2, 0.25) is 5.91 Å². The van der Waals surface area contributed by atoms with Gasteiger partial charge in [0, 0.05) is 26.2 Å². The van der Waals surface area contributed by atoms with Gasteiger partial charge in [0.15, 0.2) is 0 Å². The van der Waals surface area contributed by atoms with Gasteiger partial charge >= 0.3 is 0 Å². The van der Waals surface area contributed by atoms with Gasteiger partial charge in [-0.1, -0.05) is 0 Å². The molecule has 2 N–H and O–H groups in total. The van der Waals surface area contributed by atoms with Crippen molar-refractivity contribution in [3.05, 3.63) is 0 Å². The third kappa shape index (κ3) is 11.4. The van der Waals surface area contributed by atoms with Crippen molar-refractivity contribution in [2.75, 3.05) is 33.0 Å². The van der Waals surface area contributed by atoms with Crippen molar-refractivity contribution >= 4 is 5.91 Å². The van der Waals surface area contributed by atoms with E-state index in [1.54, 1.807) is 0 Å². The third-order valence-electron chi connectivity index (χ3n) is 1.92. The van der Waals surface area contributed by atoms with Gasteiger partial charge in [0.25, 0.3) is 0 Å². The second kappa shape index (κ2) is 10.9. The Labute approximate surface area is 97.1 Å². The molecule has 0 radical (unpaired) electrons. The molecular formula is C11H23NO4. The van der Waals surface area contributed by atoms with Crippen LogP contribution in [0.5, 0.6) is 0 Å². The Kier molecular flexibility index (Phi) is 10.4. The average Bonchev–Trinajstić information content (AvgIpc) is 3.02. The predicted molar refractivity (Wildman–Crippen MR) is 61.2 cm³/mol. The van der Waals surface area contributed by atoms with Crippen molar-refractivity contribution in [1.82, 2.24) is 5.32 Å². The van der Waals surface area contributed by atoms with Gasteiger partial charge in [-0.25, -0.2) is 0 Å². The molecule has 0 saturated carbocycles. The molecule has 2 aliphatic heterocycles. The zero-order valence-electron chi connectivity index (χ0n) is 10.2. The van der Waals surface area contributed by atoms with Crippen molar-refractivity contribution in [3.63, 3.8) is 0 Å². The second-order valence-corrected chi connectivity index (χ2v) is 3.37. The minimum Gasteiger partial charge on any atom is -0.394 e. The fourth-order valence-electron chi connectivity index (χ4n) is 0.943. The molecule has 0 aromatic carbocycles. The largest absolute Gasteiger partial charge is 0.394 e. The van der Waals surface area contributed by atoms with Gasteiger partial charge in [-0.15, -0.1) is 0 Å². The number of aliphatic hydroxyl groups excluding tert-OH is 1. The van der Waals surface area contributed by atoms with Crippen LogP contribution in [0, 0.1) is 0 Å². The number of amides is 1. The molecule has 0 aliphatic carbocycles. The van der Waals surface area contributed by atoms with Crippen LogP contribution in [0.15, 0.2) is 0 Å². The quantitative estimate of drug-likeness (QED) is 0.689. The summed E-state index contributed by atoms with van der Waals surface area (Å²) in [5.41, 5.74) is 0. The standard InChI is InChI=1S/C4H7NO.C4H10O.C3H6O2/c6-4-2-1-3-5-4;1-3-5-4-2;4-1-3-2-5-3/h1-3H2,(H,5,6);3-4H2,1-2H3;3-4H,1-2H2. The molecule has 5 nitrogen and oxygen atoms in total. The maximum absolute atomic E-state index is 10.1. The van der Waals surface area contributed by atoms with E-state index in [9.17, 15) is 4.79 Å².